The molecule has 1 amide bonds. The van der Waals surface area contributed by atoms with Crippen LogP contribution in [-0.2, 0) is 11.2 Å². The molecule has 2 aliphatic carbocycles. The number of hydrogen-bond acceptors (Lipinski definition) is 2. The molecule has 134 valence electrons. The normalized spacial score (nSPS) is 28.8. The summed E-state index contributed by atoms with van der Waals surface area (Å²) in [6, 6.07) is 6.95. The number of nitrogens with one attached hydrogen (secondary N) is 1. The molecule has 0 heterocycles. The number of halogens is 1. The first-order chi connectivity index (χ1) is 11.0. The minimum absolute atomic E-state index is 0. The Kier molecular flexibility index (Phi) is 6.70. The van der Waals surface area contributed by atoms with Crippen molar-refractivity contribution in [2.75, 3.05) is 6.54 Å². The van der Waals surface area contributed by atoms with Crippen LogP contribution in [0.4, 0.5) is 0 Å². The fraction of sp³-hybridized carbons (Fsp3) is 0.650. The summed E-state index contributed by atoms with van der Waals surface area (Å²) in [7, 11) is 0. The van der Waals surface area contributed by atoms with Crippen molar-refractivity contribution >= 4 is 18.3 Å². The maximum Gasteiger partial charge on any atom is 0.223 e. The van der Waals surface area contributed by atoms with E-state index < -0.39 is 0 Å². The molecule has 0 saturated heterocycles. The summed E-state index contributed by atoms with van der Waals surface area (Å²) in [6.45, 7) is 4.98. The fourth-order valence-corrected chi connectivity index (χ4v) is 4.69. The molecule has 0 spiro atoms. The van der Waals surface area contributed by atoms with Gasteiger partial charge >= 0.3 is 0 Å². The lowest BCUT2D eigenvalue weighted by Gasteiger charge is -2.43. The Labute approximate surface area is 152 Å². The Morgan fingerprint density at radius 1 is 1.12 bits per heavy atom. The van der Waals surface area contributed by atoms with Crippen molar-refractivity contribution in [3.05, 3.63) is 34.9 Å². The van der Waals surface area contributed by atoms with Crippen LogP contribution in [-0.4, -0.2) is 18.5 Å². The number of nitrogens with two attached hydrogens (primary N) is 1. The summed E-state index contributed by atoms with van der Waals surface area (Å²) in [4.78, 5) is 12.5. The number of carbonyl (C=O) groups excluding carboxylic acids is 1. The van der Waals surface area contributed by atoms with E-state index in [0.29, 0.717) is 17.9 Å². The zero-order chi connectivity index (χ0) is 16.4. The highest BCUT2D eigenvalue weighted by Gasteiger charge is 2.40. The standard InChI is InChI=1S/C20H30N2O.ClH/c1-13-8-14(2)10-15(9-13)6-7-22-20(23)18-11-16-4-3-5-17(12-18)19(16)21;/h8-10,16-19H,3-7,11-12,21H2,1-2H3,(H,22,23);1H. The quantitative estimate of drug-likeness (QED) is 0.872. The average Bonchev–Trinajstić information content (AvgIpc) is 2.45. The summed E-state index contributed by atoms with van der Waals surface area (Å²) in [5.74, 6) is 1.57. The summed E-state index contributed by atoms with van der Waals surface area (Å²) in [5.41, 5.74) is 10.2. The summed E-state index contributed by atoms with van der Waals surface area (Å²) in [6.07, 6.45) is 6.62. The molecule has 2 bridgehead atoms. The number of fused-ring (bicyclic) bond motifs is 2. The van der Waals surface area contributed by atoms with E-state index in [2.05, 4.69) is 37.4 Å². The van der Waals surface area contributed by atoms with Crippen LogP contribution in [0.1, 0.15) is 48.8 Å². The molecule has 1 aromatic rings. The molecule has 2 atom stereocenters. The Bertz CT molecular complexity index is 541. The van der Waals surface area contributed by atoms with Crippen molar-refractivity contribution in [1.29, 1.82) is 0 Å². The highest BCUT2D eigenvalue weighted by molar-refractivity contribution is 5.85. The Morgan fingerprint density at radius 3 is 2.29 bits per heavy atom. The zero-order valence-electron chi connectivity index (χ0n) is 14.9. The number of benzene rings is 1. The van der Waals surface area contributed by atoms with Crippen LogP contribution < -0.4 is 11.1 Å². The smallest absolute Gasteiger partial charge is 0.223 e. The number of hydrogen-bond donors (Lipinski definition) is 2. The van der Waals surface area contributed by atoms with Crippen molar-refractivity contribution in [2.45, 2.75) is 58.4 Å². The third-order valence-electron chi connectivity index (χ3n) is 5.78. The van der Waals surface area contributed by atoms with Gasteiger partial charge in [-0.2, -0.15) is 0 Å². The van der Waals surface area contributed by atoms with Crippen molar-refractivity contribution in [2.24, 2.45) is 23.5 Å². The predicted octanol–water partition coefficient (Wildman–Crippen LogP) is 3.54. The Balaban J connectivity index is 0.00000208. The van der Waals surface area contributed by atoms with Gasteiger partial charge in [-0.1, -0.05) is 35.7 Å². The van der Waals surface area contributed by atoms with Crippen molar-refractivity contribution in [1.82, 2.24) is 5.32 Å². The second-order valence-corrected chi connectivity index (χ2v) is 7.73. The van der Waals surface area contributed by atoms with E-state index in [1.165, 1.54) is 36.0 Å². The molecular formula is C20H31ClN2O. The van der Waals surface area contributed by atoms with Crippen molar-refractivity contribution in [3.63, 3.8) is 0 Å². The Morgan fingerprint density at radius 2 is 1.71 bits per heavy atom. The maximum atomic E-state index is 12.5. The van der Waals surface area contributed by atoms with E-state index in [9.17, 15) is 4.79 Å². The largest absolute Gasteiger partial charge is 0.356 e. The monoisotopic (exact) mass is 350 g/mol. The molecular weight excluding hydrogens is 320 g/mol. The van der Waals surface area contributed by atoms with E-state index in [1.807, 2.05) is 0 Å². The second kappa shape index (κ2) is 8.35. The lowest BCUT2D eigenvalue weighted by molar-refractivity contribution is -0.127. The number of aryl methyl sites for hydroxylation is 2. The van der Waals surface area contributed by atoms with E-state index >= 15 is 0 Å². The minimum atomic E-state index is 0. The fourth-order valence-electron chi connectivity index (χ4n) is 4.69. The summed E-state index contributed by atoms with van der Waals surface area (Å²) in [5, 5.41) is 3.16. The number of carbonyl (C=O) groups is 1. The average molecular weight is 351 g/mol. The van der Waals surface area contributed by atoms with Gasteiger partial charge in [-0.25, -0.2) is 0 Å². The molecule has 0 aliphatic heterocycles. The Hall–Kier alpha value is -1.06. The molecule has 2 unspecified atom stereocenters. The summed E-state index contributed by atoms with van der Waals surface area (Å²) >= 11 is 0. The van der Waals surface area contributed by atoms with E-state index in [4.69, 9.17) is 5.73 Å². The van der Waals surface area contributed by atoms with Gasteiger partial charge < -0.3 is 11.1 Å². The van der Waals surface area contributed by atoms with Crippen molar-refractivity contribution < 1.29 is 4.79 Å². The summed E-state index contributed by atoms with van der Waals surface area (Å²) < 4.78 is 0. The van der Waals surface area contributed by atoms with Gasteiger partial charge in [-0.05, 0) is 63.4 Å². The van der Waals surface area contributed by atoms with Gasteiger partial charge in [0, 0.05) is 18.5 Å². The molecule has 0 aromatic heterocycles. The molecule has 3 rings (SSSR count). The van der Waals surface area contributed by atoms with Gasteiger partial charge in [0.2, 0.25) is 5.91 Å². The van der Waals surface area contributed by atoms with Crippen LogP contribution in [0.25, 0.3) is 0 Å². The number of rotatable bonds is 4. The van der Waals surface area contributed by atoms with Crippen LogP contribution in [0.2, 0.25) is 0 Å². The molecule has 2 fully saturated rings. The van der Waals surface area contributed by atoms with E-state index in [0.717, 1.165) is 25.8 Å². The van der Waals surface area contributed by atoms with Gasteiger partial charge in [0.1, 0.15) is 0 Å². The molecule has 3 N–H and O–H groups in total. The van der Waals surface area contributed by atoms with Gasteiger partial charge in [-0.15, -0.1) is 12.4 Å². The minimum Gasteiger partial charge on any atom is -0.356 e. The van der Waals surface area contributed by atoms with Crippen LogP contribution in [0, 0.1) is 31.6 Å². The van der Waals surface area contributed by atoms with E-state index in [1.54, 1.807) is 0 Å². The van der Waals surface area contributed by atoms with E-state index in [-0.39, 0.29) is 24.2 Å². The van der Waals surface area contributed by atoms with Gasteiger partial charge in [-0.3, -0.25) is 4.79 Å². The van der Waals surface area contributed by atoms with Crippen molar-refractivity contribution in [3.8, 4) is 0 Å². The van der Waals surface area contributed by atoms with Crippen LogP contribution >= 0.6 is 12.4 Å². The highest BCUT2D eigenvalue weighted by Crippen LogP contribution is 2.41. The third-order valence-corrected chi connectivity index (χ3v) is 5.78. The first-order valence-corrected chi connectivity index (χ1v) is 9.13. The number of amides is 1. The lowest BCUT2D eigenvalue weighted by atomic mass is 9.65. The lowest BCUT2D eigenvalue weighted by Crippen LogP contribution is -2.49. The molecule has 1 aromatic carbocycles. The molecule has 2 saturated carbocycles. The van der Waals surface area contributed by atoms with Crippen LogP contribution in [0.3, 0.4) is 0 Å². The first-order valence-electron chi connectivity index (χ1n) is 9.13. The molecule has 3 nitrogen and oxygen atoms in total. The topological polar surface area (TPSA) is 55.1 Å². The molecule has 4 heteroatoms. The SMILES string of the molecule is Cc1cc(C)cc(CCNC(=O)C2CC3CCCC(C2)C3N)c1.Cl. The molecule has 24 heavy (non-hydrogen) atoms. The van der Waals surface area contributed by atoms with Crippen LogP contribution in [0.5, 0.6) is 0 Å². The first kappa shape index (κ1) is 19.3. The predicted molar refractivity (Wildman–Crippen MR) is 101 cm³/mol. The third kappa shape index (κ3) is 4.52. The molecule has 2 aliphatic rings. The van der Waals surface area contributed by atoms with Crippen LogP contribution in [0.15, 0.2) is 18.2 Å². The van der Waals surface area contributed by atoms with Gasteiger partial charge in [0.15, 0.2) is 0 Å². The van der Waals surface area contributed by atoms with Gasteiger partial charge in [0.25, 0.3) is 0 Å². The maximum absolute atomic E-state index is 12.5. The van der Waals surface area contributed by atoms with Gasteiger partial charge in [0.05, 0.1) is 0 Å². The zero-order valence-corrected chi connectivity index (χ0v) is 15.7. The molecule has 0 radical (unpaired) electrons. The highest BCUT2D eigenvalue weighted by atomic mass is 35.5. The second-order valence-electron chi connectivity index (χ2n) is 7.73.